The molecule has 0 aliphatic carbocycles. The van der Waals surface area contributed by atoms with Gasteiger partial charge in [-0.25, -0.2) is 4.39 Å². The molecule has 1 unspecified atom stereocenters. The number of rotatable bonds is 3. The monoisotopic (exact) mass is 197 g/mol. The number of benzene rings is 1. The van der Waals surface area contributed by atoms with E-state index in [1.54, 1.807) is 13.0 Å². The van der Waals surface area contributed by atoms with Crippen molar-refractivity contribution in [2.75, 3.05) is 6.61 Å². The van der Waals surface area contributed by atoms with Gasteiger partial charge < -0.3 is 10.8 Å². The molecule has 78 valence electrons. The highest BCUT2D eigenvalue weighted by Crippen LogP contribution is 2.25. The van der Waals surface area contributed by atoms with Gasteiger partial charge in [0, 0.05) is 5.56 Å². The SMILES string of the molecule is CCc1cccc(F)c1C(C)(N)CO. The fourth-order valence-electron chi connectivity index (χ4n) is 1.58. The highest BCUT2D eigenvalue weighted by atomic mass is 19.1. The van der Waals surface area contributed by atoms with E-state index < -0.39 is 5.54 Å². The van der Waals surface area contributed by atoms with Crippen LogP contribution in [0.4, 0.5) is 4.39 Å². The molecular weight excluding hydrogens is 181 g/mol. The Balaban J connectivity index is 3.30. The zero-order valence-corrected chi connectivity index (χ0v) is 8.55. The molecule has 0 radical (unpaired) electrons. The summed E-state index contributed by atoms with van der Waals surface area (Å²) < 4.78 is 13.5. The van der Waals surface area contributed by atoms with E-state index in [-0.39, 0.29) is 12.4 Å². The molecule has 1 aromatic carbocycles. The summed E-state index contributed by atoms with van der Waals surface area (Å²) in [4.78, 5) is 0. The van der Waals surface area contributed by atoms with Gasteiger partial charge >= 0.3 is 0 Å². The summed E-state index contributed by atoms with van der Waals surface area (Å²) in [6.07, 6.45) is 0.708. The maximum Gasteiger partial charge on any atom is 0.128 e. The molecule has 3 heteroatoms. The zero-order chi connectivity index (χ0) is 10.8. The summed E-state index contributed by atoms with van der Waals surface area (Å²) in [7, 11) is 0. The lowest BCUT2D eigenvalue weighted by Gasteiger charge is -2.25. The van der Waals surface area contributed by atoms with Crippen LogP contribution in [0.15, 0.2) is 18.2 Å². The summed E-state index contributed by atoms with van der Waals surface area (Å²) >= 11 is 0. The number of aliphatic hydroxyl groups is 1. The van der Waals surface area contributed by atoms with E-state index in [2.05, 4.69) is 0 Å². The molecule has 1 atom stereocenters. The Morgan fingerprint density at radius 3 is 2.64 bits per heavy atom. The molecule has 1 rings (SSSR count). The molecule has 0 amide bonds. The average Bonchev–Trinajstić information content (AvgIpc) is 2.17. The normalized spacial score (nSPS) is 15.2. The largest absolute Gasteiger partial charge is 0.394 e. The number of hydrogen-bond donors (Lipinski definition) is 2. The third-order valence-electron chi connectivity index (χ3n) is 2.38. The lowest BCUT2D eigenvalue weighted by molar-refractivity contribution is 0.205. The molecule has 0 bridgehead atoms. The van der Waals surface area contributed by atoms with E-state index in [0.717, 1.165) is 5.56 Å². The Bertz CT molecular complexity index is 323. The first kappa shape index (κ1) is 11.1. The minimum absolute atomic E-state index is 0.263. The molecule has 2 nitrogen and oxygen atoms in total. The van der Waals surface area contributed by atoms with Gasteiger partial charge in [-0.15, -0.1) is 0 Å². The molecule has 0 aliphatic heterocycles. The quantitative estimate of drug-likeness (QED) is 0.772. The Morgan fingerprint density at radius 2 is 2.14 bits per heavy atom. The fraction of sp³-hybridized carbons (Fsp3) is 0.455. The second-order valence-corrected chi connectivity index (χ2v) is 3.70. The van der Waals surface area contributed by atoms with Crippen molar-refractivity contribution in [2.24, 2.45) is 5.73 Å². The summed E-state index contributed by atoms with van der Waals surface area (Å²) in [5.41, 5.74) is 6.09. The predicted molar refractivity (Wildman–Crippen MR) is 54.4 cm³/mol. The molecule has 0 saturated heterocycles. The van der Waals surface area contributed by atoms with Crippen molar-refractivity contribution in [1.82, 2.24) is 0 Å². The van der Waals surface area contributed by atoms with Crippen LogP contribution in [0.3, 0.4) is 0 Å². The number of hydrogen-bond acceptors (Lipinski definition) is 2. The summed E-state index contributed by atoms with van der Waals surface area (Å²) in [5, 5.41) is 9.10. The van der Waals surface area contributed by atoms with Gasteiger partial charge in [-0.2, -0.15) is 0 Å². The maximum absolute atomic E-state index is 13.5. The Kier molecular flexibility index (Phi) is 3.24. The van der Waals surface area contributed by atoms with E-state index >= 15 is 0 Å². The van der Waals surface area contributed by atoms with Crippen LogP contribution >= 0.6 is 0 Å². The lowest BCUT2D eigenvalue weighted by Crippen LogP contribution is -2.38. The number of nitrogens with two attached hydrogens (primary N) is 1. The van der Waals surface area contributed by atoms with Crippen LogP contribution < -0.4 is 5.73 Å². The Morgan fingerprint density at radius 1 is 1.50 bits per heavy atom. The minimum atomic E-state index is -1.00. The van der Waals surface area contributed by atoms with Gasteiger partial charge in [0.25, 0.3) is 0 Å². The summed E-state index contributed by atoms with van der Waals surface area (Å²) in [6, 6.07) is 4.86. The zero-order valence-electron chi connectivity index (χ0n) is 8.55. The first-order chi connectivity index (χ1) is 6.53. The predicted octanol–water partition coefficient (Wildman–Crippen LogP) is 1.55. The van der Waals surface area contributed by atoms with Gasteiger partial charge in [0.15, 0.2) is 0 Å². The van der Waals surface area contributed by atoms with Crippen molar-refractivity contribution in [3.05, 3.63) is 35.1 Å². The molecule has 3 N–H and O–H groups in total. The molecule has 0 spiro atoms. The van der Waals surface area contributed by atoms with Gasteiger partial charge in [0.1, 0.15) is 5.82 Å². The van der Waals surface area contributed by atoms with Crippen molar-refractivity contribution in [1.29, 1.82) is 0 Å². The fourth-order valence-corrected chi connectivity index (χ4v) is 1.58. The first-order valence-electron chi connectivity index (χ1n) is 4.70. The number of aryl methyl sites for hydroxylation is 1. The van der Waals surface area contributed by atoms with Crippen LogP contribution in [0.1, 0.15) is 25.0 Å². The second kappa shape index (κ2) is 4.07. The molecule has 0 saturated carbocycles. The van der Waals surface area contributed by atoms with Crippen molar-refractivity contribution in [3.8, 4) is 0 Å². The molecule has 0 aromatic heterocycles. The highest BCUT2D eigenvalue weighted by Gasteiger charge is 2.26. The van der Waals surface area contributed by atoms with E-state index in [1.165, 1.54) is 6.07 Å². The third kappa shape index (κ3) is 1.94. The Labute approximate surface area is 83.6 Å². The van der Waals surface area contributed by atoms with Crippen LogP contribution in [-0.4, -0.2) is 11.7 Å². The van der Waals surface area contributed by atoms with Crippen molar-refractivity contribution < 1.29 is 9.50 Å². The van der Waals surface area contributed by atoms with Gasteiger partial charge in [0.05, 0.1) is 12.1 Å². The van der Waals surface area contributed by atoms with E-state index in [9.17, 15) is 4.39 Å². The molecule has 14 heavy (non-hydrogen) atoms. The van der Waals surface area contributed by atoms with Crippen molar-refractivity contribution in [3.63, 3.8) is 0 Å². The topological polar surface area (TPSA) is 46.2 Å². The maximum atomic E-state index is 13.5. The van der Waals surface area contributed by atoms with Crippen LogP contribution in [0.25, 0.3) is 0 Å². The third-order valence-corrected chi connectivity index (χ3v) is 2.38. The Hall–Kier alpha value is -0.930. The molecule has 1 aromatic rings. The van der Waals surface area contributed by atoms with Crippen molar-refractivity contribution >= 4 is 0 Å². The highest BCUT2D eigenvalue weighted by molar-refractivity contribution is 5.34. The first-order valence-corrected chi connectivity index (χ1v) is 4.70. The standard InChI is InChI=1S/C11H16FNO/c1-3-8-5-4-6-9(12)10(8)11(2,13)7-14/h4-6,14H,3,7,13H2,1-2H3. The average molecular weight is 197 g/mol. The molecule has 0 fully saturated rings. The van der Waals surface area contributed by atoms with Crippen molar-refractivity contribution in [2.45, 2.75) is 25.8 Å². The van der Waals surface area contributed by atoms with Crippen LogP contribution in [-0.2, 0) is 12.0 Å². The van der Waals surface area contributed by atoms with Crippen LogP contribution in [0, 0.1) is 5.82 Å². The van der Waals surface area contributed by atoms with E-state index in [1.807, 2.05) is 13.0 Å². The van der Waals surface area contributed by atoms with Gasteiger partial charge in [-0.3, -0.25) is 0 Å². The second-order valence-electron chi connectivity index (χ2n) is 3.70. The van der Waals surface area contributed by atoms with Gasteiger partial charge in [-0.05, 0) is 25.0 Å². The minimum Gasteiger partial charge on any atom is -0.394 e. The van der Waals surface area contributed by atoms with Gasteiger partial charge in [0.2, 0.25) is 0 Å². The van der Waals surface area contributed by atoms with Crippen LogP contribution in [0.2, 0.25) is 0 Å². The number of halogens is 1. The van der Waals surface area contributed by atoms with E-state index in [0.29, 0.717) is 12.0 Å². The summed E-state index contributed by atoms with van der Waals surface area (Å²) in [6.45, 7) is 3.30. The van der Waals surface area contributed by atoms with E-state index in [4.69, 9.17) is 10.8 Å². The molecule has 0 aliphatic rings. The van der Waals surface area contributed by atoms with Crippen LogP contribution in [0.5, 0.6) is 0 Å². The smallest absolute Gasteiger partial charge is 0.128 e. The molecule has 0 heterocycles. The lowest BCUT2D eigenvalue weighted by atomic mass is 9.88. The summed E-state index contributed by atoms with van der Waals surface area (Å²) in [5.74, 6) is -0.344. The number of aliphatic hydroxyl groups excluding tert-OH is 1. The molecular formula is C11H16FNO. The van der Waals surface area contributed by atoms with Gasteiger partial charge in [-0.1, -0.05) is 19.1 Å².